The van der Waals surface area contributed by atoms with Crippen LogP contribution < -0.4 is 25.0 Å². The third-order valence-corrected chi connectivity index (χ3v) is 10.9. The van der Waals surface area contributed by atoms with Gasteiger partial charge in [0.15, 0.2) is 6.61 Å². The highest BCUT2D eigenvalue weighted by molar-refractivity contribution is 8.00. The molecular weight excluding hydrogens is 671 g/mol. The Bertz CT molecular complexity index is 1980. The summed E-state index contributed by atoms with van der Waals surface area (Å²) >= 11 is 14.5. The van der Waals surface area contributed by atoms with E-state index in [1.807, 2.05) is 0 Å². The van der Waals surface area contributed by atoms with Crippen LogP contribution in [-0.4, -0.2) is 43.0 Å². The van der Waals surface area contributed by atoms with E-state index in [0.717, 1.165) is 28.0 Å². The highest BCUT2D eigenvalue weighted by Gasteiger charge is 2.56. The summed E-state index contributed by atoms with van der Waals surface area (Å²) in [4.78, 5) is 56.8. The molecule has 44 heavy (non-hydrogen) atoms. The Labute approximate surface area is 268 Å². The molecule has 1 fully saturated rings. The van der Waals surface area contributed by atoms with E-state index in [2.05, 4.69) is 10.3 Å². The van der Waals surface area contributed by atoms with Crippen molar-refractivity contribution in [2.45, 2.75) is 21.1 Å². The predicted molar refractivity (Wildman–Crippen MR) is 167 cm³/mol. The van der Waals surface area contributed by atoms with Crippen LogP contribution in [0.4, 0.5) is 11.4 Å². The van der Waals surface area contributed by atoms with Gasteiger partial charge in [-0.15, -0.1) is 0 Å². The summed E-state index contributed by atoms with van der Waals surface area (Å²) in [5, 5.41) is 8.11. The zero-order valence-electron chi connectivity index (χ0n) is 22.2. The molecule has 1 aromatic heterocycles. The number of amides is 3. The van der Waals surface area contributed by atoms with Crippen molar-refractivity contribution in [1.82, 2.24) is 4.98 Å². The van der Waals surface area contributed by atoms with E-state index < -0.39 is 51.4 Å². The van der Waals surface area contributed by atoms with Crippen LogP contribution in [0.2, 0.25) is 10.0 Å². The van der Waals surface area contributed by atoms with Crippen molar-refractivity contribution in [2.24, 2.45) is 11.1 Å². The van der Waals surface area contributed by atoms with Gasteiger partial charge < -0.3 is 15.0 Å². The molecule has 1 saturated heterocycles. The lowest BCUT2D eigenvalue weighted by atomic mass is 9.82. The lowest BCUT2D eigenvalue weighted by Crippen LogP contribution is -2.32. The standard InChI is InChI=1S/C28H20Cl2N4O7S3/c29-13-1-6-16(7-2-13)34-26(36)22-21(23-25(33-28(38)43-23)42-24(22)27(34)37)18-11-14(30)3-10-19(18)41-12-20(35)32-15-4-8-17(9-5-15)44(31,39)40/h1-11,21-22,24H,12H2,(H,32,35)(H,33,38)(H2,31,39,40)/t21-,22-,24+/m0/s1. The Hall–Kier alpha value is -3.66. The molecule has 226 valence electrons. The Morgan fingerprint density at radius 2 is 1.66 bits per heavy atom. The van der Waals surface area contributed by atoms with Gasteiger partial charge in [0, 0.05) is 32.1 Å². The molecule has 3 atom stereocenters. The second-order valence-electron chi connectivity index (χ2n) is 9.83. The lowest BCUT2D eigenvalue weighted by molar-refractivity contribution is -0.122. The minimum Gasteiger partial charge on any atom is -0.483 e. The van der Waals surface area contributed by atoms with Crippen LogP contribution in [0.5, 0.6) is 5.75 Å². The Morgan fingerprint density at radius 3 is 2.34 bits per heavy atom. The number of thioether (sulfide) groups is 1. The number of rotatable bonds is 7. The number of aromatic amines is 1. The van der Waals surface area contributed by atoms with Crippen LogP contribution in [0, 0.1) is 5.92 Å². The van der Waals surface area contributed by atoms with Crippen molar-refractivity contribution in [3.05, 3.63) is 96.9 Å². The van der Waals surface area contributed by atoms with Gasteiger partial charge in [-0.3, -0.25) is 19.2 Å². The van der Waals surface area contributed by atoms with E-state index in [4.69, 9.17) is 33.1 Å². The van der Waals surface area contributed by atoms with Crippen molar-refractivity contribution in [3.63, 3.8) is 0 Å². The second-order valence-corrected chi connectivity index (χ2v) is 14.4. The van der Waals surface area contributed by atoms with Gasteiger partial charge in [-0.1, -0.05) is 46.3 Å². The number of H-pyrrole nitrogens is 1. The largest absolute Gasteiger partial charge is 0.483 e. The normalized spacial score (nSPS) is 19.4. The summed E-state index contributed by atoms with van der Waals surface area (Å²) in [7, 11) is -3.89. The number of thiazole rings is 1. The first-order valence-electron chi connectivity index (χ1n) is 12.8. The van der Waals surface area contributed by atoms with Gasteiger partial charge in [0.2, 0.25) is 21.8 Å². The number of halogens is 2. The molecule has 2 aliphatic rings. The van der Waals surface area contributed by atoms with Crippen molar-refractivity contribution in [1.29, 1.82) is 0 Å². The number of hydrogen-bond donors (Lipinski definition) is 3. The average molecular weight is 692 g/mol. The molecule has 3 heterocycles. The number of aromatic nitrogens is 1. The number of sulfonamides is 1. The van der Waals surface area contributed by atoms with Crippen LogP contribution >= 0.6 is 46.3 Å². The fraction of sp³-hybridized carbons (Fsp3) is 0.143. The molecule has 3 aromatic carbocycles. The number of carbonyl (C=O) groups excluding carboxylic acids is 3. The zero-order valence-corrected chi connectivity index (χ0v) is 26.1. The monoisotopic (exact) mass is 690 g/mol. The third-order valence-electron chi connectivity index (χ3n) is 7.04. The first kappa shape index (κ1) is 30.4. The van der Waals surface area contributed by atoms with Gasteiger partial charge in [0.1, 0.15) is 11.0 Å². The lowest BCUT2D eigenvalue weighted by Gasteiger charge is -2.31. The number of fused-ring (bicyclic) bond motifs is 2. The Morgan fingerprint density at radius 1 is 0.977 bits per heavy atom. The molecule has 4 aromatic rings. The minimum absolute atomic E-state index is 0.109. The fourth-order valence-corrected chi connectivity index (χ4v) is 8.49. The van der Waals surface area contributed by atoms with Gasteiger partial charge in [0.05, 0.1) is 21.5 Å². The molecule has 2 aliphatic heterocycles. The van der Waals surface area contributed by atoms with E-state index >= 15 is 0 Å². The number of imide groups is 1. The van der Waals surface area contributed by atoms with Crippen molar-refractivity contribution < 1.29 is 27.5 Å². The summed E-state index contributed by atoms with van der Waals surface area (Å²) in [6.45, 7) is -0.457. The van der Waals surface area contributed by atoms with Crippen LogP contribution in [0.1, 0.15) is 16.4 Å². The van der Waals surface area contributed by atoms with E-state index in [0.29, 0.717) is 36.9 Å². The second kappa shape index (κ2) is 11.7. The first-order chi connectivity index (χ1) is 20.9. The first-order valence-corrected chi connectivity index (χ1v) is 16.8. The maximum atomic E-state index is 14.0. The van der Waals surface area contributed by atoms with Crippen LogP contribution in [-0.2, 0) is 24.4 Å². The van der Waals surface area contributed by atoms with Crippen molar-refractivity contribution in [2.75, 3.05) is 16.8 Å². The number of nitrogens with one attached hydrogen (secondary N) is 2. The molecule has 6 rings (SSSR count). The van der Waals surface area contributed by atoms with E-state index in [1.54, 1.807) is 42.5 Å². The number of nitrogens with zero attached hydrogens (tertiary/aromatic N) is 1. The highest BCUT2D eigenvalue weighted by Crippen LogP contribution is 2.54. The van der Waals surface area contributed by atoms with Gasteiger partial charge in [-0.05, 0) is 66.7 Å². The van der Waals surface area contributed by atoms with Gasteiger partial charge in [0.25, 0.3) is 5.91 Å². The molecule has 0 bridgehead atoms. The number of benzene rings is 3. The number of ether oxygens (including phenoxy) is 1. The zero-order chi connectivity index (χ0) is 31.3. The Kier molecular flexibility index (Phi) is 8.07. The van der Waals surface area contributed by atoms with Gasteiger partial charge >= 0.3 is 4.87 Å². The summed E-state index contributed by atoms with van der Waals surface area (Å²) < 4.78 is 28.9. The molecule has 16 heteroatoms. The number of primary sulfonamides is 1. The van der Waals surface area contributed by atoms with Gasteiger partial charge in [-0.25, -0.2) is 18.5 Å². The SMILES string of the molecule is NS(=O)(=O)c1ccc(NC(=O)COc2ccc(Cl)cc2[C@@H]2c3sc(=O)[nH]c3S[C@H]3C(=O)N(c4ccc(Cl)cc4)C(=O)[C@@H]23)cc1. The summed E-state index contributed by atoms with van der Waals surface area (Å²) in [6, 6.07) is 16.3. The quantitative estimate of drug-likeness (QED) is 0.242. The number of carbonyl (C=O) groups is 3. The third kappa shape index (κ3) is 5.76. The molecular formula is C28H20Cl2N4O7S3. The number of hydrogen-bond acceptors (Lipinski definition) is 9. The average Bonchev–Trinajstić information content (AvgIpc) is 3.46. The molecule has 0 unspecified atom stereocenters. The van der Waals surface area contributed by atoms with E-state index in [-0.39, 0.29) is 15.5 Å². The fourth-order valence-electron chi connectivity index (χ4n) is 5.16. The maximum absolute atomic E-state index is 14.0. The summed E-state index contributed by atoms with van der Waals surface area (Å²) in [5.74, 6) is -2.93. The van der Waals surface area contributed by atoms with Crippen molar-refractivity contribution >= 4 is 85.4 Å². The van der Waals surface area contributed by atoms with E-state index in [1.165, 1.54) is 24.3 Å². The molecule has 0 saturated carbocycles. The van der Waals surface area contributed by atoms with Crippen molar-refractivity contribution in [3.8, 4) is 5.75 Å². The topological polar surface area (TPSA) is 169 Å². The highest BCUT2D eigenvalue weighted by atomic mass is 35.5. The number of nitrogens with two attached hydrogens (primary N) is 1. The van der Waals surface area contributed by atoms with Crippen LogP contribution in [0.3, 0.4) is 0 Å². The summed E-state index contributed by atoms with van der Waals surface area (Å²) in [5.41, 5.74) is 1.11. The van der Waals surface area contributed by atoms with E-state index in [9.17, 15) is 27.6 Å². The molecule has 0 aliphatic carbocycles. The molecule has 0 radical (unpaired) electrons. The molecule has 11 nitrogen and oxygen atoms in total. The molecule has 4 N–H and O–H groups in total. The molecule has 3 amide bonds. The molecule has 0 spiro atoms. The summed E-state index contributed by atoms with van der Waals surface area (Å²) in [6.07, 6.45) is 0. The number of anilines is 2. The van der Waals surface area contributed by atoms with Gasteiger partial charge in [-0.2, -0.15) is 0 Å². The minimum atomic E-state index is -3.89. The maximum Gasteiger partial charge on any atom is 0.305 e. The predicted octanol–water partition coefficient (Wildman–Crippen LogP) is 4.20. The smallest absolute Gasteiger partial charge is 0.305 e. The van der Waals surface area contributed by atoms with Crippen LogP contribution in [0.15, 0.2) is 81.4 Å². The van der Waals surface area contributed by atoms with Crippen LogP contribution in [0.25, 0.3) is 0 Å². The Balaban J connectivity index is 1.32.